The molecule has 0 aliphatic carbocycles. The van der Waals surface area contributed by atoms with Gasteiger partial charge in [-0.1, -0.05) is 23.7 Å². The Hall–Kier alpha value is -2.86. The zero-order chi connectivity index (χ0) is 20.7. The summed E-state index contributed by atoms with van der Waals surface area (Å²) < 4.78 is 0. The highest BCUT2D eigenvalue weighted by Gasteiger charge is 2.41. The number of pyridine rings is 1. The second-order valence-electron chi connectivity index (χ2n) is 8.28. The van der Waals surface area contributed by atoms with Crippen LogP contribution in [-0.2, 0) is 16.0 Å². The number of carbonyl (C=O) groups excluding carboxylic acids is 2. The molecule has 5 rings (SSSR count). The van der Waals surface area contributed by atoms with E-state index in [1.54, 1.807) is 12.3 Å². The Morgan fingerprint density at radius 1 is 1.13 bits per heavy atom. The summed E-state index contributed by atoms with van der Waals surface area (Å²) >= 11 is 6.35. The number of carbonyl (C=O) groups is 2. The lowest BCUT2D eigenvalue weighted by Gasteiger charge is -2.23. The van der Waals surface area contributed by atoms with Crippen LogP contribution in [0, 0.1) is 11.8 Å². The molecule has 0 unspecified atom stereocenters. The van der Waals surface area contributed by atoms with E-state index in [-0.39, 0.29) is 11.8 Å². The number of aromatic nitrogens is 1. The van der Waals surface area contributed by atoms with E-state index in [2.05, 4.69) is 21.3 Å². The third-order valence-electron chi connectivity index (χ3n) is 6.28. The van der Waals surface area contributed by atoms with Crippen LogP contribution in [0.25, 0.3) is 6.08 Å². The number of hydrogen-bond donors (Lipinski definition) is 1. The predicted molar refractivity (Wildman–Crippen MR) is 117 cm³/mol. The van der Waals surface area contributed by atoms with E-state index in [0.717, 1.165) is 48.0 Å². The molecule has 2 aromatic rings. The van der Waals surface area contributed by atoms with Gasteiger partial charge in [0.25, 0.3) is 0 Å². The lowest BCUT2D eigenvalue weighted by molar-refractivity contribution is -0.125. The minimum absolute atomic E-state index is 0.00107. The maximum Gasteiger partial charge on any atom is 0.246 e. The molecule has 1 aromatic carbocycles. The van der Waals surface area contributed by atoms with Crippen molar-refractivity contribution in [3.05, 3.63) is 58.8 Å². The van der Waals surface area contributed by atoms with Crippen molar-refractivity contribution in [3.63, 3.8) is 0 Å². The van der Waals surface area contributed by atoms with Crippen molar-refractivity contribution in [2.75, 3.05) is 36.4 Å². The molecule has 4 heterocycles. The zero-order valence-electron chi connectivity index (χ0n) is 16.6. The Morgan fingerprint density at radius 3 is 2.67 bits per heavy atom. The van der Waals surface area contributed by atoms with Crippen molar-refractivity contribution in [2.24, 2.45) is 11.8 Å². The van der Waals surface area contributed by atoms with Gasteiger partial charge in [0, 0.05) is 56.7 Å². The number of aryl methyl sites for hydroxylation is 1. The molecule has 3 aliphatic rings. The normalized spacial score (nSPS) is 22.9. The maximum atomic E-state index is 12.7. The molecule has 0 bridgehead atoms. The van der Waals surface area contributed by atoms with Crippen LogP contribution < -0.4 is 10.2 Å². The number of fused-ring (bicyclic) bond motifs is 2. The highest BCUT2D eigenvalue weighted by molar-refractivity contribution is 6.33. The smallest absolute Gasteiger partial charge is 0.246 e. The SMILES string of the molecule is O=C1CCc2cc(/C=C/C(=O)N3C[C@@H]4CN(c5ccccc5Cl)C[C@@H]4C3)cnc2N1. The lowest BCUT2D eigenvalue weighted by Crippen LogP contribution is -2.32. The van der Waals surface area contributed by atoms with E-state index >= 15 is 0 Å². The standard InChI is InChI=1S/C23H23ClN4O2/c24-19-3-1-2-4-20(19)27-11-17-13-28(14-18(17)12-27)22(30)8-5-15-9-16-6-7-21(29)26-23(16)25-10-15/h1-5,8-10,17-18H,6-7,11-14H2,(H,25,26,29)/b8-5+/t17-,18+. The summed E-state index contributed by atoms with van der Waals surface area (Å²) in [6, 6.07) is 9.94. The minimum Gasteiger partial charge on any atom is -0.370 e. The van der Waals surface area contributed by atoms with Gasteiger partial charge in [-0.2, -0.15) is 0 Å². The molecule has 0 spiro atoms. The van der Waals surface area contributed by atoms with Gasteiger partial charge < -0.3 is 15.1 Å². The fraction of sp³-hybridized carbons (Fsp3) is 0.348. The number of anilines is 2. The van der Waals surface area contributed by atoms with Gasteiger partial charge in [0.05, 0.1) is 10.7 Å². The van der Waals surface area contributed by atoms with Crippen LogP contribution in [0.4, 0.5) is 11.5 Å². The molecule has 0 radical (unpaired) electrons. The number of benzene rings is 1. The van der Waals surface area contributed by atoms with Gasteiger partial charge in [0.1, 0.15) is 5.82 Å². The fourth-order valence-electron chi connectivity index (χ4n) is 4.72. The zero-order valence-corrected chi connectivity index (χ0v) is 17.3. The number of nitrogens with one attached hydrogen (secondary N) is 1. The Morgan fingerprint density at radius 2 is 1.90 bits per heavy atom. The average molecular weight is 423 g/mol. The van der Waals surface area contributed by atoms with Gasteiger partial charge in [-0.05, 0) is 41.8 Å². The Kier molecular flexibility index (Phi) is 4.95. The monoisotopic (exact) mass is 422 g/mol. The van der Waals surface area contributed by atoms with Crippen molar-refractivity contribution in [1.29, 1.82) is 0 Å². The van der Waals surface area contributed by atoms with Crippen molar-refractivity contribution in [3.8, 4) is 0 Å². The van der Waals surface area contributed by atoms with E-state index in [1.807, 2.05) is 35.2 Å². The van der Waals surface area contributed by atoms with Crippen molar-refractivity contribution in [2.45, 2.75) is 12.8 Å². The third kappa shape index (κ3) is 3.67. The number of likely N-dealkylation sites (tertiary alicyclic amines) is 1. The molecule has 7 heteroatoms. The summed E-state index contributed by atoms with van der Waals surface area (Å²) in [4.78, 5) is 32.8. The van der Waals surface area contributed by atoms with Gasteiger partial charge in [-0.15, -0.1) is 0 Å². The Bertz CT molecular complexity index is 1020. The molecule has 2 fully saturated rings. The van der Waals surface area contributed by atoms with E-state index in [9.17, 15) is 9.59 Å². The minimum atomic E-state index is 0.00107. The highest BCUT2D eigenvalue weighted by Crippen LogP contribution is 2.36. The molecule has 2 amide bonds. The molecule has 0 saturated carbocycles. The van der Waals surface area contributed by atoms with Gasteiger partial charge in [0.2, 0.25) is 11.8 Å². The number of nitrogens with zero attached hydrogens (tertiary/aromatic N) is 3. The molecular formula is C23H23ClN4O2. The molecule has 2 atom stereocenters. The van der Waals surface area contributed by atoms with Crippen LogP contribution in [0.15, 0.2) is 42.6 Å². The second-order valence-corrected chi connectivity index (χ2v) is 8.68. The Balaban J connectivity index is 1.20. The summed E-state index contributed by atoms with van der Waals surface area (Å²) in [5.74, 6) is 1.63. The van der Waals surface area contributed by atoms with Gasteiger partial charge in [0.15, 0.2) is 0 Å². The van der Waals surface area contributed by atoms with E-state index < -0.39 is 0 Å². The third-order valence-corrected chi connectivity index (χ3v) is 6.60. The first-order valence-corrected chi connectivity index (χ1v) is 10.7. The molecular weight excluding hydrogens is 400 g/mol. The first-order valence-electron chi connectivity index (χ1n) is 10.3. The van der Waals surface area contributed by atoms with Crippen LogP contribution >= 0.6 is 11.6 Å². The molecule has 1 N–H and O–H groups in total. The maximum absolute atomic E-state index is 12.7. The quantitative estimate of drug-likeness (QED) is 0.771. The second kappa shape index (κ2) is 7.76. The summed E-state index contributed by atoms with van der Waals surface area (Å²) in [6.07, 6.45) is 6.30. The average Bonchev–Trinajstić information content (AvgIpc) is 3.31. The molecule has 6 nitrogen and oxygen atoms in total. The summed E-state index contributed by atoms with van der Waals surface area (Å²) in [5, 5.41) is 3.56. The number of rotatable bonds is 3. The van der Waals surface area contributed by atoms with Crippen molar-refractivity contribution in [1.82, 2.24) is 9.88 Å². The van der Waals surface area contributed by atoms with Gasteiger partial charge in [-0.25, -0.2) is 4.98 Å². The topological polar surface area (TPSA) is 65.5 Å². The lowest BCUT2D eigenvalue weighted by atomic mass is 10.0. The highest BCUT2D eigenvalue weighted by atomic mass is 35.5. The summed E-state index contributed by atoms with van der Waals surface area (Å²) in [5.41, 5.74) is 2.98. The molecule has 3 aliphatic heterocycles. The van der Waals surface area contributed by atoms with Crippen LogP contribution in [0.2, 0.25) is 5.02 Å². The molecule has 1 aromatic heterocycles. The Labute approximate surface area is 180 Å². The largest absolute Gasteiger partial charge is 0.370 e. The van der Waals surface area contributed by atoms with Crippen molar-refractivity contribution >= 4 is 41.0 Å². The molecule has 2 saturated heterocycles. The summed E-state index contributed by atoms with van der Waals surface area (Å²) in [7, 11) is 0. The van der Waals surface area contributed by atoms with E-state index in [4.69, 9.17) is 11.6 Å². The van der Waals surface area contributed by atoms with E-state index in [1.165, 1.54) is 0 Å². The van der Waals surface area contributed by atoms with Crippen LogP contribution in [0.5, 0.6) is 0 Å². The fourth-order valence-corrected chi connectivity index (χ4v) is 4.97. The van der Waals surface area contributed by atoms with Crippen LogP contribution in [0.1, 0.15) is 17.5 Å². The first-order chi connectivity index (χ1) is 14.6. The summed E-state index contributed by atoms with van der Waals surface area (Å²) in [6.45, 7) is 3.43. The first kappa shape index (κ1) is 19.1. The van der Waals surface area contributed by atoms with Crippen molar-refractivity contribution < 1.29 is 9.59 Å². The van der Waals surface area contributed by atoms with Crippen LogP contribution in [0.3, 0.4) is 0 Å². The number of para-hydroxylation sites is 1. The van der Waals surface area contributed by atoms with Gasteiger partial charge >= 0.3 is 0 Å². The number of halogens is 1. The van der Waals surface area contributed by atoms with E-state index in [0.29, 0.717) is 30.5 Å². The van der Waals surface area contributed by atoms with Gasteiger partial charge in [-0.3, -0.25) is 9.59 Å². The molecule has 154 valence electrons. The number of hydrogen-bond acceptors (Lipinski definition) is 4. The number of amides is 2. The molecule has 30 heavy (non-hydrogen) atoms. The van der Waals surface area contributed by atoms with Crippen LogP contribution in [-0.4, -0.2) is 47.9 Å². The predicted octanol–water partition coefficient (Wildman–Crippen LogP) is 3.23.